The smallest absolute Gasteiger partial charge is 0.244 e. The highest BCUT2D eigenvalue weighted by Crippen LogP contribution is 2.41. The summed E-state index contributed by atoms with van der Waals surface area (Å²) in [6.45, 7) is 3.11. The highest BCUT2D eigenvalue weighted by atomic mass is 35.5. The van der Waals surface area contributed by atoms with Gasteiger partial charge in [0.05, 0.1) is 11.6 Å². The molecule has 1 aliphatic rings. The number of halogens is 1. The Morgan fingerprint density at radius 3 is 2.89 bits per heavy atom. The number of aliphatic hydroxyl groups is 1. The molecule has 1 heterocycles. The minimum absolute atomic E-state index is 0.0511. The molecule has 0 aliphatic heterocycles. The lowest BCUT2D eigenvalue weighted by molar-refractivity contribution is 0.0297. The van der Waals surface area contributed by atoms with Gasteiger partial charge < -0.3 is 9.84 Å². The standard InChI is InChI=1S/C12H17ClN2O3/c1-8(16)15-10(9-3-4-9)5-11(14-15)18-7-12(2,17)6-13/h5,9,17H,3-4,6-7H2,1-2H3/t12-/m0/s1. The third-order valence-corrected chi connectivity index (χ3v) is 3.40. The van der Waals surface area contributed by atoms with Crippen molar-refractivity contribution < 1.29 is 14.6 Å². The maximum absolute atomic E-state index is 11.4. The number of ether oxygens (including phenoxy) is 1. The summed E-state index contributed by atoms with van der Waals surface area (Å²) in [6, 6.07) is 1.77. The highest BCUT2D eigenvalue weighted by molar-refractivity contribution is 6.18. The zero-order valence-corrected chi connectivity index (χ0v) is 11.3. The van der Waals surface area contributed by atoms with Crippen molar-refractivity contribution in [2.75, 3.05) is 12.5 Å². The maximum Gasteiger partial charge on any atom is 0.244 e. The van der Waals surface area contributed by atoms with Crippen molar-refractivity contribution in [3.05, 3.63) is 11.8 Å². The van der Waals surface area contributed by atoms with Crippen molar-refractivity contribution in [3.63, 3.8) is 0 Å². The minimum Gasteiger partial charge on any atom is -0.473 e. The molecule has 1 aromatic rings. The van der Waals surface area contributed by atoms with Crippen LogP contribution in [0.5, 0.6) is 5.88 Å². The fourth-order valence-electron chi connectivity index (χ4n) is 1.63. The predicted octanol–water partition coefficient (Wildman–Crippen LogP) is 1.79. The fraction of sp³-hybridized carbons (Fsp3) is 0.667. The van der Waals surface area contributed by atoms with Gasteiger partial charge in [0.1, 0.15) is 12.2 Å². The van der Waals surface area contributed by atoms with E-state index in [0.29, 0.717) is 11.8 Å². The number of aromatic nitrogens is 2. The Labute approximate surface area is 111 Å². The van der Waals surface area contributed by atoms with Crippen molar-refractivity contribution in [3.8, 4) is 5.88 Å². The highest BCUT2D eigenvalue weighted by Gasteiger charge is 2.30. The van der Waals surface area contributed by atoms with E-state index in [9.17, 15) is 9.90 Å². The van der Waals surface area contributed by atoms with Gasteiger partial charge in [-0.25, -0.2) is 4.68 Å². The van der Waals surface area contributed by atoms with Crippen LogP contribution in [0.15, 0.2) is 6.07 Å². The Morgan fingerprint density at radius 2 is 2.39 bits per heavy atom. The van der Waals surface area contributed by atoms with Crippen molar-refractivity contribution in [1.82, 2.24) is 9.78 Å². The maximum atomic E-state index is 11.4. The number of hydrogen-bond donors (Lipinski definition) is 1. The zero-order valence-electron chi connectivity index (χ0n) is 10.5. The Kier molecular flexibility index (Phi) is 3.64. The average molecular weight is 273 g/mol. The molecule has 1 fully saturated rings. The molecular formula is C12H17ClN2O3. The molecule has 0 saturated heterocycles. The van der Waals surface area contributed by atoms with Gasteiger partial charge in [0.25, 0.3) is 0 Å². The summed E-state index contributed by atoms with van der Waals surface area (Å²) in [4.78, 5) is 11.4. The molecule has 0 bridgehead atoms. The van der Waals surface area contributed by atoms with Crippen molar-refractivity contribution >= 4 is 17.5 Å². The summed E-state index contributed by atoms with van der Waals surface area (Å²) in [5.74, 6) is 0.719. The first-order valence-electron chi connectivity index (χ1n) is 5.95. The first-order chi connectivity index (χ1) is 8.43. The molecule has 1 aromatic heterocycles. The largest absolute Gasteiger partial charge is 0.473 e. The van der Waals surface area contributed by atoms with E-state index in [1.807, 2.05) is 0 Å². The third-order valence-electron chi connectivity index (χ3n) is 2.83. The van der Waals surface area contributed by atoms with Gasteiger partial charge in [-0.05, 0) is 19.8 Å². The van der Waals surface area contributed by atoms with Gasteiger partial charge in [-0.15, -0.1) is 16.7 Å². The van der Waals surface area contributed by atoms with Gasteiger partial charge in [0.15, 0.2) is 0 Å². The summed E-state index contributed by atoms with van der Waals surface area (Å²) in [5.41, 5.74) is -0.204. The van der Waals surface area contributed by atoms with Crippen LogP contribution in [-0.2, 0) is 0 Å². The quantitative estimate of drug-likeness (QED) is 0.830. The van der Waals surface area contributed by atoms with Gasteiger partial charge >= 0.3 is 0 Å². The van der Waals surface area contributed by atoms with Crippen molar-refractivity contribution in [2.24, 2.45) is 0 Å². The molecule has 1 N–H and O–H groups in total. The van der Waals surface area contributed by atoms with E-state index in [-0.39, 0.29) is 18.4 Å². The first-order valence-corrected chi connectivity index (χ1v) is 6.48. The molecule has 6 heteroatoms. The Balaban J connectivity index is 2.10. The molecule has 0 unspecified atom stereocenters. The zero-order chi connectivity index (χ0) is 13.3. The van der Waals surface area contributed by atoms with Gasteiger partial charge in [-0.3, -0.25) is 4.79 Å². The number of carbonyl (C=O) groups is 1. The topological polar surface area (TPSA) is 64.4 Å². The third kappa shape index (κ3) is 3.03. The minimum atomic E-state index is -1.10. The van der Waals surface area contributed by atoms with Crippen LogP contribution < -0.4 is 4.74 Å². The predicted molar refractivity (Wildman–Crippen MR) is 67.3 cm³/mol. The second kappa shape index (κ2) is 4.90. The van der Waals surface area contributed by atoms with Crippen LogP contribution in [0.25, 0.3) is 0 Å². The van der Waals surface area contributed by atoms with Gasteiger partial charge in [-0.1, -0.05) is 0 Å². The number of alkyl halides is 1. The molecule has 0 radical (unpaired) electrons. The van der Waals surface area contributed by atoms with Gasteiger partial charge in [0, 0.05) is 18.9 Å². The second-order valence-corrected chi connectivity index (χ2v) is 5.30. The molecule has 0 spiro atoms. The monoisotopic (exact) mass is 272 g/mol. The summed E-state index contributed by atoms with van der Waals surface area (Å²) < 4.78 is 6.77. The van der Waals surface area contributed by atoms with Crippen LogP contribution in [0.4, 0.5) is 0 Å². The van der Waals surface area contributed by atoms with E-state index in [1.165, 1.54) is 11.6 Å². The van der Waals surface area contributed by atoms with Crippen LogP contribution >= 0.6 is 11.6 Å². The molecule has 1 saturated carbocycles. The van der Waals surface area contributed by atoms with E-state index in [1.54, 1.807) is 13.0 Å². The SMILES string of the molecule is CC(=O)n1nc(OC[C@@](C)(O)CCl)cc1C1CC1. The molecular weight excluding hydrogens is 256 g/mol. The van der Waals surface area contributed by atoms with E-state index in [4.69, 9.17) is 16.3 Å². The van der Waals surface area contributed by atoms with Crippen LogP contribution in [0, 0.1) is 0 Å². The lowest BCUT2D eigenvalue weighted by Crippen LogP contribution is -2.34. The van der Waals surface area contributed by atoms with Crippen LogP contribution in [-0.4, -0.2) is 38.9 Å². The number of carbonyl (C=O) groups excluding carboxylic acids is 1. The van der Waals surface area contributed by atoms with Crippen LogP contribution in [0.2, 0.25) is 0 Å². The van der Waals surface area contributed by atoms with Crippen LogP contribution in [0.1, 0.15) is 43.1 Å². The molecule has 0 aromatic carbocycles. The summed E-state index contributed by atoms with van der Waals surface area (Å²) >= 11 is 5.60. The van der Waals surface area contributed by atoms with Crippen molar-refractivity contribution in [2.45, 2.75) is 38.2 Å². The van der Waals surface area contributed by atoms with Crippen molar-refractivity contribution in [1.29, 1.82) is 0 Å². The molecule has 0 amide bonds. The molecule has 2 rings (SSSR count). The van der Waals surface area contributed by atoms with E-state index >= 15 is 0 Å². The van der Waals surface area contributed by atoms with Gasteiger partial charge in [0.2, 0.25) is 11.8 Å². The summed E-state index contributed by atoms with van der Waals surface area (Å²) in [7, 11) is 0. The van der Waals surface area contributed by atoms with E-state index in [0.717, 1.165) is 18.5 Å². The Morgan fingerprint density at radius 1 is 1.72 bits per heavy atom. The molecule has 1 atom stereocenters. The second-order valence-electron chi connectivity index (χ2n) is 5.03. The summed E-state index contributed by atoms with van der Waals surface area (Å²) in [5, 5.41) is 13.8. The molecule has 1 aliphatic carbocycles. The number of nitrogens with zero attached hydrogens (tertiary/aromatic N) is 2. The fourth-order valence-corrected chi connectivity index (χ4v) is 1.71. The lowest BCUT2D eigenvalue weighted by Gasteiger charge is -2.19. The number of hydrogen-bond acceptors (Lipinski definition) is 4. The Bertz CT molecular complexity index is 452. The van der Waals surface area contributed by atoms with E-state index < -0.39 is 5.60 Å². The van der Waals surface area contributed by atoms with Crippen LogP contribution in [0.3, 0.4) is 0 Å². The normalized spacial score (nSPS) is 18.4. The van der Waals surface area contributed by atoms with Gasteiger partial charge in [-0.2, -0.15) is 0 Å². The molecule has 5 nitrogen and oxygen atoms in total. The molecule has 18 heavy (non-hydrogen) atoms. The summed E-state index contributed by atoms with van der Waals surface area (Å²) in [6.07, 6.45) is 2.16. The first kappa shape index (κ1) is 13.4. The van der Waals surface area contributed by atoms with E-state index in [2.05, 4.69) is 5.10 Å². The Hall–Kier alpha value is -1.07. The lowest BCUT2D eigenvalue weighted by atomic mass is 10.2. The average Bonchev–Trinajstić information content (AvgIpc) is 3.06. The number of rotatable bonds is 5. The molecule has 100 valence electrons.